The summed E-state index contributed by atoms with van der Waals surface area (Å²) in [5.41, 5.74) is 0. The largest absolute Gasteiger partial charge is 0.0776 e. The molecule has 0 N–H and O–H groups in total. The molecule has 18 heavy (non-hydrogen) atoms. The summed E-state index contributed by atoms with van der Waals surface area (Å²) in [4.78, 5) is 0. The van der Waals surface area contributed by atoms with E-state index in [1.165, 1.54) is 38.5 Å². The van der Waals surface area contributed by atoms with Crippen LogP contribution in [0.2, 0.25) is 0 Å². The molecule has 0 aliphatic heterocycles. The second kappa shape index (κ2) is 53.7. The highest BCUT2D eigenvalue weighted by molar-refractivity contribution is 4.45. The third kappa shape index (κ3) is 73.5. The highest BCUT2D eigenvalue weighted by Crippen LogP contribution is 2.07. The smallest absolute Gasteiger partial charge is 0.0446 e. The fourth-order valence-electron chi connectivity index (χ4n) is 1.05. The summed E-state index contributed by atoms with van der Waals surface area (Å²) in [5, 5.41) is 0. The first-order chi connectivity index (χ1) is 5.72. The molecule has 0 saturated carbocycles. The Labute approximate surface area is 124 Å². The van der Waals surface area contributed by atoms with Crippen molar-refractivity contribution >= 4 is 0 Å². The second-order valence-electron chi connectivity index (χ2n) is 3.66. The Hall–Kier alpha value is 0. The van der Waals surface area contributed by atoms with Gasteiger partial charge in [-0.1, -0.05) is 118 Å². The summed E-state index contributed by atoms with van der Waals surface area (Å²) >= 11 is 0. The van der Waals surface area contributed by atoms with Gasteiger partial charge in [0.25, 0.3) is 0 Å². The van der Waals surface area contributed by atoms with Gasteiger partial charge in [-0.2, -0.15) is 0 Å². The van der Waals surface area contributed by atoms with Crippen molar-refractivity contribution in [1.29, 1.82) is 0 Å². The van der Waals surface area contributed by atoms with Gasteiger partial charge in [0, 0.05) is 0 Å². The van der Waals surface area contributed by atoms with Crippen molar-refractivity contribution in [1.82, 2.24) is 0 Å². The average molecular weight is 269 g/mol. The average Bonchev–Trinajstić information content (AvgIpc) is 2.07. The molecule has 0 nitrogen and oxygen atoms in total. The SMILES string of the molecule is C.C.C.C.C.C.CCCC(C)CC.CCCCC. The van der Waals surface area contributed by atoms with Gasteiger partial charge in [-0.25, -0.2) is 0 Å². The summed E-state index contributed by atoms with van der Waals surface area (Å²) in [7, 11) is 0. The maximum atomic E-state index is 2.31. The number of unbranched alkanes of at least 4 members (excludes halogenated alkanes) is 2. The molecular formula is C18H52. The number of hydrogen-bond donors (Lipinski definition) is 0. The summed E-state index contributed by atoms with van der Waals surface area (Å²) in [6.07, 6.45) is 8.16. The maximum Gasteiger partial charge on any atom is -0.0446 e. The van der Waals surface area contributed by atoms with E-state index in [2.05, 4.69) is 34.6 Å². The van der Waals surface area contributed by atoms with E-state index in [-0.39, 0.29) is 44.6 Å². The lowest BCUT2D eigenvalue weighted by Gasteiger charge is -2.02. The van der Waals surface area contributed by atoms with E-state index >= 15 is 0 Å². The van der Waals surface area contributed by atoms with E-state index in [0.29, 0.717) is 0 Å². The zero-order valence-electron chi connectivity index (χ0n) is 9.82. The van der Waals surface area contributed by atoms with Crippen LogP contribution in [0.15, 0.2) is 0 Å². The lowest BCUT2D eigenvalue weighted by atomic mass is 10.0. The predicted molar refractivity (Wildman–Crippen MR) is 99.9 cm³/mol. The fourth-order valence-corrected chi connectivity index (χ4v) is 1.05. The Morgan fingerprint density at radius 2 is 0.944 bits per heavy atom. The number of rotatable bonds is 5. The van der Waals surface area contributed by atoms with Crippen LogP contribution in [0.5, 0.6) is 0 Å². The van der Waals surface area contributed by atoms with Crippen molar-refractivity contribution in [3.05, 3.63) is 0 Å². The van der Waals surface area contributed by atoms with E-state index < -0.39 is 0 Å². The molecule has 0 aliphatic rings. The van der Waals surface area contributed by atoms with Crippen LogP contribution in [0.1, 0.15) is 118 Å². The van der Waals surface area contributed by atoms with E-state index in [1.54, 1.807) is 0 Å². The first-order valence-corrected chi connectivity index (χ1v) is 5.72. The van der Waals surface area contributed by atoms with Crippen molar-refractivity contribution in [2.75, 3.05) is 0 Å². The Kier molecular flexibility index (Phi) is 155. The maximum absolute atomic E-state index is 2.31. The third-order valence-corrected chi connectivity index (χ3v) is 2.19. The molecule has 0 fully saturated rings. The first kappa shape index (κ1) is 52.0. The third-order valence-electron chi connectivity index (χ3n) is 2.19. The van der Waals surface area contributed by atoms with Gasteiger partial charge in [0.1, 0.15) is 0 Å². The van der Waals surface area contributed by atoms with E-state index in [0.717, 1.165) is 5.92 Å². The molecule has 0 saturated heterocycles. The molecule has 0 aromatic heterocycles. The van der Waals surface area contributed by atoms with E-state index in [1.807, 2.05) is 0 Å². The van der Waals surface area contributed by atoms with Crippen molar-refractivity contribution in [3.63, 3.8) is 0 Å². The first-order valence-electron chi connectivity index (χ1n) is 5.72. The van der Waals surface area contributed by atoms with Crippen LogP contribution in [-0.4, -0.2) is 0 Å². The molecule has 1 atom stereocenters. The van der Waals surface area contributed by atoms with Gasteiger partial charge in [-0.05, 0) is 5.92 Å². The van der Waals surface area contributed by atoms with E-state index in [4.69, 9.17) is 0 Å². The standard InChI is InChI=1S/C7H16.C5H12.6CH4/c1-4-6-7(3)5-2;1-3-5-4-2;;;;;;/h7H,4-6H2,1-3H3;3-5H2,1-2H3;6*1H4. The Bertz CT molecular complexity index is 55.1. The van der Waals surface area contributed by atoms with Crippen molar-refractivity contribution in [2.24, 2.45) is 5.92 Å². The van der Waals surface area contributed by atoms with Gasteiger partial charge in [0.15, 0.2) is 0 Å². The van der Waals surface area contributed by atoms with Crippen molar-refractivity contribution in [3.8, 4) is 0 Å². The van der Waals surface area contributed by atoms with Crippen molar-refractivity contribution in [2.45, 2.75) is 118 Å². The molecule has 0 rings (SSSR count). The summed E-state index contributed by atoms with van der Waals surface area (Å²) < 4.78 is 0. The highest BCUT2D eigenvalue weighted by atomic mass is 14.0. The van der Waals surface area contributed by atoms with Gasteiger partial charge < -0.3 is 0 Å². The second-order valence-corrected chi connectivity index (χ2v) is 3.66. The molecule has 0 aromatic rings. The Morgan fingerprint density at radius 3 is 1.00 bits per heavy atom. The minimum Gasteiger partial charge on any atom is -0.0776 e. The van der Waals surface area contributed by atoms with Gasteiger partial charge in [-0.15, -0.1) is 0 Å². The minimum absolute atomic E-state index is 0. The monoisotopic (exact) mass is 268 g/mol. The molecule has 0 amide bonds. The van der Waals surface area contributed by atoms with Gasteiger partial charge >= 0.3 is 0 Å². The Balaban J connectivity index is -0.0000000142. The molecular weight excluding hydrogens is 216 g/mol. The Morgan fingerprint density at radius 1 is 0.611 bits per heavy atom. The van der Waals surface area contributed by atoms with Gasteiger partial charge in [0.2, 0.25) is 0 Å². The molecule has 124 valence electrons. The molecule has 0 heteroatoms. The molecule has 0 spiro atoms. The molecule has 0 aromatic carbocycles. The number of hydrogen-bond acceptors (Lipinski definition) is 0. The van der Waals surface area contributed by atoms with Gasteiger partial charge in [0.05, 0.1) is 0 Å². The van der Waals surface area contributed by atoms with Crippen LogP contribution in [0.3, 0.4) is 0 Å². The van der Waals surface area contributed by atoms with Crippen LogP contribution in [0.25, 0.3) is 0 Å². The summed E-state index contributed by atoms with van der Waals surface area (Å²) in [6, 6.07) is 0. The van der Waals surface area contributed by atoms with Gasteiger partial charge in [-0.3, -0.25) is 0 Å². The zero-order valence-corrected chi connectivity index (χ0v) is 9.82. The summed E-state index contributed by atoms with van der Waals surface area (Å²) in [5.74, 6) is 0.949. The predicted octanol–water partition coefficient (Wildman–Crippen LogP) is 8.85. The fraction of sp³-hybridized carbons (Fsp3) is 1.00. The summed E-state index contributed by atoms with van der Waals surface area (Å²) in [6.45, 7) is 11.2. The van der Waals surface area contributed by atoms with Crippen LogP contribution in [-0.2, 0) is 0 Å². The van der Waals surface area contributed by atoms with E-state index in [9.17, 15) is 0 Å². The zero-order chi connectivity index (χ0) is 9.82. The van der Waals surface area contributed by atoms with Crippen LogP contribution in [0.4, 0.5) is 0 Å². The highest BCUT2D eigenvalue weighted by Gasteiger charge is 1.92. The molecule has 0 radical (unpaired) electrons. The lowest BCUT2D eigenvalue weighted by Crippen LogP contribution is -1.88. The van der Waals surface area contributed by atoms with Crippen LogP contribution in [0, 0.1) is 5.92 Å². The van der Waals surface area contributed by atoms with Crippen molar-refractivity contribution < 1.29 is 0 Å². The topological polar surface area (TPSA) is 0 Å². The molecule has 0 aliphatic carbocycles. The molecule has 1 unspecified atom stereocenters. The van der Waals surface area contributed by atoms with Crippen LogP contribution < -0.4 is 0 Å². The minimum atomic E-state index is 0. The van der Waals surface area contributed by atoms with Crippen LogP contribution >= 0.6 is 0 Å². The quantitative estimate of drug-likeness (QED) is 0.467. The normalized spacial score (nSPS) is 7.83. The lowest BCUT2D eigenvalue weighted by molar-refractivity contribution is 0.509. The molecule has 0 heterocycles. The molecule has 0 bridgehead atoms.